The first-order chi connectivity index (χ1) is 5.33. The molecule has 2 rings (SSSR count). The van der Waals surface area contributed by atoms with Gasteiger partial charge in [-0.05, 0) is 15.9 Å². The Hall–Kier alpha value is -0.550. The second-order valence-electron chi connectivity index (χ2n) is 2.44. The fraction of sp³-hybridized carbons (Fsp3) is 0.500. The van der Waals surface area contributed by atoms with Crippen LogP contribution in [0.2, 0.25) is 0 Å². The van der Waals surface area contributed by atoms with Crippen molar-refractivity contribution in [1.82, 2.24) is 9.78 Å². The summed E-state index contributed by atoms with van der Waals surface area (Å²) in [7, 11) is 0. The number of hydrogen-bond donors (Lipinski definition) is 1. The van der Waals surface area contributed by atoms with Gasteiger partial charge in [0, 0.05) is 6.54 Å². The standard InChI is InChI=1S/C6H8BrN3O/c7-5-2-9-10-4(1-8)3-11-6(5)10/h2,4H,1,3,8H2. The van der Waals surface area contributed by atoms with Crippen molar-refractivity contribution in [2.75, 3.05) is 13.2 Å². The molecule has 1 aromatic heterocycles. The Morgan fingerprint density at radius 3 is 3.45 bits per heavy atom. The first kappa shape index (κ1) is 7.12. The Kier molecular flexibility index (Phi) is 1.61. The van der Waals surface area contributed by atoms with Gasteiger partial charge in [0.15, 0.2) is 0 Å². The maximum absolute atomic E-state index is 5.50. The normalized spacial score (nSPS) is 21.5. The smallest absolute Gasteiger partial charge is 0.227 e. The van der Waals surface area contributed by atoms with Gasteiger partial charge in [-0.15, -0.1) is 0 Å². The summed E-state index contributed by atoms with van der Waals surface area (Å²) >= 11 is 3.32. The van der Waals surface area contributed by atoms with Crippen LogP contribution in [0.4, 0.5) is 0 Å². The monoisotopic (exact) mass is 217 g/mol. The van der Waals surface area contributed by atoms with Crippen molar-refractivity contribution in [3.8, 4) is 5.88 Å². The molecule has 0 saturated heterocycles. The number of ether oxygens (including phenoxy) is 1. The Bertz CT molecular complexity index is 273. The summed E-state index contributed by atoms with van der Waals surface area (Å²) < 4.78 is 8.05. The third-order valence-electron chi connectivity index (χ3n) is 1.74. The fourth-order valence-corrected chi connectivity index (χ4v) is 1.53. The lowest BCUT2D eigenvalue weighted by Crippen LogP contribution is -2.19. The van der Waals surface area contributed by atoms with Gasteiger partial charge in [-0.25, -0.2) is 4.68 Å². The van der Waals surface area contributed by atoms with E-state index in [1.807, 2.05) is 4.68 Å². The average molecular weight is 218 g/mol. The lowest BCUT2D eigenvalue weighted by molar-refractivity contribution is 0.326. The van der Waals surface area contributed by atoms with Crippen LogP contribution in [0.15, 0.2) is 10.7 Å². The minimum Gasteiger partial charge on any atom is -0.475 e. The topological polar surface area (TPSA) is 53.1 Å². The number of halogens is 1. The first-order valence-electron chi connectivity index (χ1n) is 3.39. The SMILES string of the molecule is NCC1COc2c(Br)cnn21. The minimum atomic E-state index is 0.205. The number of hydrogen-bond acceptors (Lipinski definition) is 3. The molecule has 0 saturated carbocycles. The van der Waals surface area contributed by atoms with Gasteiger partial charge >= 0.3 is 0 Å². The zero-order valence-corrected chi connectivity index (χ0v) is 7.41. The summed E-state index contributed by atoms with van der Waals surface area (Å²) in [6.07, 6.45) is 1.72. The predicted molar refractivity (Wildman–Crippen MR) is 43.5 cm³/mol. The van der Waals surface area contributed by atoms with Crippen molar-refractivity contribution < 1.29 is 4.74 Å². The van der Waals surface area contributed by atoms with Crippen molar-refractivity contribution >= 4 is 15.9 Å². The average Bonchev–Trinajstić information content (AvgIpc) is 2.53. The molecule has 0 spiro atoms. The molecule has 1 aliphatic rings. The Balaban J connectivity index is 2.40. The zero-order valence-electron chi connectivity index (χ0n) is 5.83. The third kappa shape index (κ3) is 0.954. The van der Waals surface area contributed by atoms with E-state index in [1.54, 1.807) is 6.20 Å². The molecule has 0 amide bonds. The van der Waals surface area contributed by atoms with Crippen LogP contribution in [-0.4, -0.2) is 22.9 Å². The van der Waals surface area contributed by atoms with E-state index in [9.17, 15) is 0 Å². The van der Waals surface area contributed by atoms with Crippen molar-refractivity contribution in [3.05, 3.63) is 10.7 Å². The third-order valence-corrected chi connectivity index (χ3v) is 2.28. The van der Waals surface area contributed by atoms with Crippen molar-refractivity contribution in [3.63, 3.8) is 0 Å². The molecule has 0 fully saturated rings. The van der Waals surface area contributed by atoms with Crippen LogP contribution in [0.3, 0.4) is 0 Å². The molecule has 0 bridgehead atoms. The second-order valence-corrected chi connectivity index (χ2v) is 3.30. The highest BCUT2D eigenvalue weighted by Crippen LogP contribution is 2.31. The Morgan fingerprint density at radius 2 is 2.73 bits per heavy atom. The van der Waals surface area contributed by atoms with E-state index in [4.69, 9.17) is 10.5 Å². The minimum absolute atomic E-state index is 0.205. The fourth-order valence-electron chi connectivity index (χ4n) is 1.14. The highest BCUT2D eigenvalue weighted by Gasteiger charge is 2.25. The molecule has 1 aliphatic heterocycles. The number of fused-ring (bicyclic) bond motifs is 1. The van der Waals surface area contributed by atoms with Gasteiger partial charge in [0.2, 0.25) is 5.88 Å². The largest absolute Gasteiger partial charge is 0.475 e. The molecule has 0 radical (unpaired) electrons. The van der Waals surface area contributed by atoms with Gasteiger partial charge < -0.3 is 10.5 Å². The van der Waals surface area contributed by atoms with Crippen molar-refractivity contribution in [1.29, 1.82) is 0 Å². The molecule has 1 aromatic rings. The highest BCUT2D eigenvalue weighted by atomic mass is 79.9. The molecule has 1 atom stereocenters. The van der Waals surface area contributed by atoms with E-state index in [-0.39, 0.29) is 6.04 Å². The van der Waals surface area contributed by atoms with Crippen LogP contribution in [0.5, 0.6) is 5.88 Å². The maximum atomic E-state index is 5.50. The van der Waals surface area contributed by atoms with Gasteiger partial charge in [0.1, 0.15) is 12.6 Å². The molecule has 2 heterocycles. The van der Waals surface area contributed by atoms with E-state index < -0.39 is 0 Å². The van der Waals surface area contributed by atoms with Gasteiger partial charge in [-0.1, -0.05) is 0 Å². The summed E-state index contributed by atoms with van der Waals surface area (Å²) in [5.74, 6) is 0.792. The summed E-state index contributed by atoms with van der Waals surface area (Å²) in [5, 5.41) is 4.11. The quantitative estimate of drug-likeness (QED) is 0.748. The molecule has 1 unspecified atom stereocenters. The second kappa shape index (κ2) is 2.49. The van der Waals surface area contributed by atoms with E-state index in [0.717, 1.165) is 10.4 Å². The summed E-state index contributed by atoms with van der Waals surface area (Å²) in [6, 6.07) is 0.205. The van der Waals surface area contributed by atoms with Crippen LogP contribution >= 0.6 is 15.9 Å². The highest BCUT2D eigenvalue weighted by molar-refractivity contribution is 9.10. The zero-order chi connectivity index (χ0) is 7.84. The van der Waals surface area contributed by atoms with E-state index in [2.05, 4.69) is 21.0 Å². The van der Waals surface area contributed by atoms with Gasteiger partial charge in [0.05, 0.1) is 10.7 Å². The van der Waals surface area contributed by atoms with E-state index >= 15 is 0 Å². The maximum Gasteiger partial charge on any atom is 0.227 e. The van der Waals surface area contributed by atoms with Crippen LogP contribution in [0.1, 0.15) is 6.04 Å². The summed E-state index contributed by atoms with van der Waals surface area (Å²) in [4.78, 5) is 0. The van der Waals surface area contributed by atoms with E-state index in [0.29, 0.717) is 13.2 Å². The Labute approximate surface area is 72.4 Å². The molecule has 0 aromatic carbocycles. The van der Waals surface area contributed by atoms with Crippen LogP contribution in [0.25, 0.3) is 0 Å². The number of rotatable bonds is 1. The lowest BCUT2D eigenvalue weighted by atomic mass is 10.3. The Morgan fingerprint density at radius 1 is 1.91 bits per heavy atom. The molecule has 4 nitrogen and oxygen atoms in total. The van der Waals surface area contributed by atoms with Crippen LogP contribution in [0, 0.1) is 0 Å². The van der Waals surface area contributed by atoms with Crippen molar-refractivity contribution in [2.24, 2.45) is 5.73 Å². The molecule has 5 heteroatoms. The molecule has 0 aliphatic carbocycles. The van der Waals surface area contributed by atoms with Gasteiger partial charge in [-0.3, -0.25) is 0 Å². The number of nitrogens with zero attached hydrogens (tertiary/aromatic N) is 2. The molecular formula is C6H8BrN3O. The molecule has 60 valence electrons. The van der Waals surface area contributed by atoms with Gasteiger partial charge in [-0.2, -0.15) is 5.10 Å². The number of aromatic nitrogens is 2. The predicted octanol–water partition coefficient (Wildman–Crippen LogP) is 0.538. The molecule has 2 N–H and O–H groups in total. The van der Waals surface area contributed by atoms with Crippen molar-refractivity contribution in [2.45, 2.75) is 6.04 Å². The summed E-state index contributed by atoms with van der Waals surface area (Å²) in [6.45, 7) is 1.21. The van der Waals surface area contributed by atoms with Gasteiger partial charge in [0.25, 0.3) is 0 Å². The van der Waals surface area contributed by atoms with E-state index in [1.165, 1.54) is 0 Å². The number of nitrogens with two attached hydrogens (primary N) is 1. The van der Waals surface area contributed by atoms with Crippen LogP contribution in [-0.2, 0) is 0 Å². The molecule has 11 heavy (non-hydrogen) atoms. The van der Waals surface area contributed by atoms with Crippen LogP contribution < -0.4 is 10.5 Å². The lowest BCUT2D eigenvalue weighted by Gasteiger charge is -2.02. The molecular weight excluding hydrogens is 210 g/mol. The summed E-state index contributed by atoms with van der Waals surface area (Å²) in [5.41, 5.74) is 5.50. The first-order valence-corrected chi connectivity index (χ1v) is 4.18.